The maximum Gasteiger partial charge on any atom is 0.270 e. The summed E-state index contributed by atoms with van der Waals surface area (Å²) in [5.41, 5.74) is 2.59. The SMILES string of the molecule is C=CCNC(=O)[C@H]1CCCN(c2nc3c(-c4ccccc4)csc3c(=O)[nH]2)C1. The van der Waals surface area contributed by atoms with Crippen LogP contribution in [0.1, 0.15) is 12.8 Å². The van der Waals surface area contributed by atoms with Crippen molar-refractivity contribution in [1.82, 2.24) is 15.3 Å². The van der Waals surface area contributed by atoms with Crippen LogP contribution in [-0.2, 0) is 4.79 Å². The first-order valence-corrected chi connectivity index (χ1v) is 10.3. The Hall–Kier alpha value is -2.93. The highest BCUT2D eigenvalue weighted by molar-refractivity contribution is 7.17. The van der Waals surface area contributed by atoms with Crippen molar-refractivity contribution in [3.05, 3.63) is 58.7 Å². The van der Waals surface area contributed by atoms with Gasteiger partial charge in [-0.15, -0.1) is 17.9 Å². The van der Waals surface area contributed by atoms with Crippen LogP contribution in [0.15, 0.2) is 53.2 Å². The fraction of sp³-hybridized carbons (Fsp3) is 0.286. The third-order valence-electron chi connectivity index (χ3n) is 5.01. The van der Waals surface area contributed by atoms with Crippen LogP contribution in [-0.4, -0.2) is 35.5 Å². The van der Waals surface area contributed by atoms with E-state index in [4.69, 9.17) is 4.98 Å². The van der Waals surface area contributed by atoms with Crippen molar-refractivity contribution in [2.45, 2.75) is 12.8 Å². The highest BCUT2D eigenvalue weighted by atomic mass is 32.1. The number of nitrogens with one attached hydrogen (secondary N) is 2. The predicted octanol–water partition coefficient (Wildman–Crippen LogP) is 3.17. The molecule has 0 unspecified atom stereocenters. The Balaban J connectivity index is 1.66. The summed E-state index contributed by atoms with van der Waals surface area (Å²) in [5, 5.41) is 4.85. The molecule has 1 aromatic carbocycles. The summed E-state index contributed by atoms with van der Waals surface area (Å²) in [4.78, 5) is 34.7. The van der Waals surface area contributed by atoms with Gasteiger partial charge in [-0.05, 0) is 18.4 Å². The normalized spacial score (nSPS) is 16.9. The molecule has 3 aromatic rings. The monoisotopic (exact) mass is 394 g/mol. The number of hydrogen-bond donors (Lipinski definition) is 2. The number of piperidine rings is 1. The van der Waals surface area contributed by atoms with Gasteiger partial charge in [-0.1, -0.05) is 36.4 Å². The molecule has 28 heavy (non-hydrogen) atoms. The van der Waals surface area contributed by atoms with Crippen LogP contribution in [0.3, 0.4) is 0 Å². The van der Waals surface area contributed by atoms with Crippen molar-refractivity contribution >= 4 is 33.4 Å². The molecule has 4 rings (SSSR count). The van der Waals surface area contributed by atoms with Crippen LogP contribution in [0.25, 0.3) is 21.3 Å². The lowest BCUT2D eigenvalue weighted by Gasteiger charge is -2.32. The Bertz CT molecular complexity index is 1060. The number of H-pyrrole nitrogens is 1. The van der Waals surface area contributed by atoms with Gasteiger partial charge in [-0.3, -0.25) is 14.6 Å². The van der Waals surface area contributed by atoms with Gasteiger partial charge in [-0.25, -0.2) is 4.98 Å². The molecular weight excluding hydrogens is 372 g/mol. The topological polar surface area (TPSA) is 78.1 Å². The van der Waals surface area contributed by atoms with E-state index in [0.29, 0.717) is 29.3 Å². The van der Waals surface area contributed by atoms with E-state index in [-0.39, 0.29) is 17.4 Å². The van der Waals surface area contributed by atoms with E-state index in [1.54, 1.807) is 6.08 Å². The Morgan fingerprint density at radius 2 is 2.21 bits per heavy atom. The third kappa shape index (κ3) is 3.57. The molecule has 3 heterocycles. The maximum atomic E-state index is 12.6. The van der Waals surface area contributed by atoms with Gasteiger partial charge < -0.3 is 10.2 Å². The first-order chi connectivity index (χ1) is 13.7. The zero-order valence-electron chi connectivity index (χ0n) is 15.5. The average Bonchev–Trinajstić information content (AvgIpc) is 3.17. The third-order valence-corrected chi connectivity index (χ3v) is 5.98. The van der Waals surface area contributed by atoms with Crippen LogP contribution in [0.2, 0.25) is 0 Å². The number of aromatic nitrogens is 2. The van der Waals surface area contributed by atoms with Gasteiger partial charge in [0.2, 0.25) is 11.9 Å². The molecule has 6 nitrogen and oxygen atoms in total. The molecule has 1 atom stereocenters. The molecule has 2 aromatic heterocycles. The summed E-state index contributed by atoms with van der Waals surface area (Å²) in [6.45, 7) is 5.41. The molecule has 1 aliphatic rings. The van der Waals surface area contributed by atoms with Gasteiger partial charge in [0.05, 0.1) is 11.4 Å². The molecule has 7 heteroatoms. The van der Waals surface area contributed by atoms with E-state index < -0.39 is 0 Å². The highest BCUT2D eigenvalue weighted by Crippen LogP contribution is 2.32. The van der Waals surface area contributed by atoms with E-state index in [1.165, 1.54) is 11.3 Å². The van der Waals surface area contributed by atoms with Gasteiger partial charge in [0.15, 0.2) is 0 Å². The average molecular weight is 395 g/mol. The second kappa shape index (κ2) is 7.98. The fourth-order valence-electron chi connectivity index (χ4n) is 3.59. The smallest absolute Gasteiger partial charge is 0.270 e. The summed E-state index contributed by atoms with van der Waals surface area (Å²) in [5.74, 6) is 0.439. The van der Waals surface area contributed by atoms with E-state index >= 15 is 0 Å². The molecule has 0 radical (unpaired) electrons. The Kier molecular flexibility index (Phi) is 5.25. The Morgan fingerprint density at radius 3 is 3.00 bits per heavy atom. The number of amides is 1. The first-order valence-electron chi connectivity index (χ1n) is 9.38. The lowest BCUT2D eigenvalue weighted by Crippen LogP contribution is -2.44. The van der Waals surface area contributed by atoms with E-state index in [9.17, 15) is 9.59 Å². The second-order valence-corrected chi connectivity index (χ2v) is 7.78. The Labute approximate surface area is 166 Å². The maximum absolute atomic E-state index is 12.6. The van der Waals surface area contributed by atoms with Gasteiger partial charge >= 0.3 is 0 Å². The zero-order valence-corrected chi connectivity index (χ0v) is 16.3. The first kappa shape index (κ1) is 18.4. The van der Waals surface area contributed by atoms with Crippen molar-refractivity contribution in [2.75, 3.05) is 24.5 Å². The van der Waals surface area contributed by atoms with Crippen LogP contribution in [0, 0.1) is 5.92 Å². The van der Waals surface area contributed by atoms with E-state index in [0.717, 1.165) is 30.5 Å². The molecule has 0 saturated carbocycles. The number of hydrogen-bond acceptors (Lipinski definition) is 5. The molecule has 2 N–H and O–H groups in total. The molecule has 1 aliphatic heterocycles. The number of benzene rings is 1. The molecule has 1 amide bonds. The minimum atomic E-state index is -0.134. The molecule has 1 fully saturated rings. The summed E-state index contributed by atoms with van der Waals surface area (Å²) in [6, 6.07) is 9.96. The van der Waals surface area contributed by atoms with Crippen molar-refractivity contribution in [3.63, 3.8) is 0 Å². The molecular formula is C21H22N4O2S. The summed E-state index contributed by atoms with van der Waals surface area (Å²) in [7, 11) is 0. The lowest BCUT2D eigenvalue weighted by atomic mass is 9.97. The number of carbonyl (C=O) groups is 1. The van der Waals surface area contributed by atoms with Gasteiger partial charge in [-0.2, -0.15) is 0 Å². The van der Waals surface area contributed by atoms with Crippen LogP contribution in [0.5, 0.6) is 0 Å². The van der Waals surface area contributed by atoms with Gasteiger partial charge in [0.25, 0.3) is 5.56 Å². The number of thiophene rings is 1. The minimum absolute atomic E-state index is 0.0218. The molecule has 0 aliphatic carbocycles. The van der Waals surface area contributed by atoms with Gasteiger partial charge in [0.1, 0.15) is 4.70 Å². The number of fused-ring (bicyclic) bond motifs is 1. The number of anilines is 1. The lowest BCUT2D eigenvalue weighted by molar-refractivity contribution is -0.125. The number of nitrogens with zero attached hydrogens (tertiary/aromatic N) is 2. The standard InChI is InChI=1S/C21H22N4O2S/c1-2-10-22-19(26)15-9-6-11-25(12-15)21-23-17-16(14-7-4-3-5-8-14)13-28-18(17)20(27)24-21/h2-5,7-8,13,15H,1,6,9-12H2,(H,22,26)(H,23,24,27)/t15-/m0/s1. The van der Waals surface area contributed by atoms with Crippen LogP contribution < -0.4 is 15.8 Å². The van der Waals surface area contributed by atoms with Crippen molar-refractivity contribution < 1.29 is 4.79 Å². The molecule has 0 bridgehead atoms. The minimum Gasteiger partial charge on any atom is -0.352 e. The van der Waals surface area contributed by atoms with Crippen LogP contribution in [0.4, 0.5) is 5.95 Å². The predicted molar refractivity (Wildman–Crippen MR) is 114 cm³/mol. The quantitative estimate of drug-likeness (QED) is 0.652. The van der Waals surface area contributed by atoms with Crippen molar-refractivity contribution in [3.8, 4) is 11.1 Å². The summed E-state index contributed by atoms with van der Waals surface area (Å²) in [6.07, 6.45) is 3.38. The summed E-state index contributed by atoms with van der Waals surface area (Å²) < 4.78 is 0.625. The summed E-state index contributed by atoms with van der Waals surface area (Å²) >= 11 is 1.41. The van der Waals surface area contributed by atoms with E-state index in [1.807, 2.05) is 40.6 Å². The number of carbonyl (C=O) groups excluding carboxylic acids is 1. The van der Waals surface area contributed by atoms with E-state index in [2.05, 4.69) is 16.9 Å². The fourth-order valence-corrected chi connectivity index (χ4v) is 4.50. The number of rotatable bonds is 5. The Morgan fingerprint density at radius 1 is 1.39 bits per heavy atom. The number of aromatic amines is 1. The zero-order chi connectivity index (χ0) is 19.5. The molecule has 144 valence electrons. The molecule has 1 saturated heterocycles. The van der Waals surface area contributed by atoms with Crippen molar-refractivity contribution in [1.29, 1.82) is 0 Å². The van der Waals surface area contributed by atoms with Gasteiger partial charge in [0, 0.05) is 30.6 Å². The van der Waals surface area contributed by atoms with Crippen molar-refractivity contribution in [2.24, 2.45) is 5.92 Å². The highest BCUT2D eigenvalue weighted by Gasteiger charge is 2.27. The van der Waals surface area contributed by atoms with Crippen LogP contribution >= 0.6 is 11.3 Å². The largest absolute Gasteiger partial charge is 0.352 e. The second-order valence-electron chi connectivity index (χ2n) is 6.90. The molecule has 0 spiro atoms.